The van der Waals surface area contributed by atoms with E-state index in [1.54, 1.807) is 0 Å². The minimum Gasteiger partial charge on any atom is -0.691 e. The van der Waals surface area contributed by atoms with Gasteiger partial charge in [-0.3, -0.25) is 0 Å². The Hall–Kier alpha value is 0.840. The van der Waals surface area contributed by atoms with Crippen LogP contribution < -0.4 is 0 Å². The number of rotatable bonds is 36. The number of hydrogen-bond donors (Lipinski definition) is 0. The van der Waals surface area contributed by atoms with Crippen LogP contribution in [0.3, 0.4) is 0 Å². The van der Waals surface area contributed by atoms with E-state index in [9.17, 15) is 0 Å². The van der Waals surface area contributed by atoms with Crippen LogP contribution in [0.4, 0.5) is 0 Å². The molecule has 0 fully saturated rings. The first-order valence-electron chi connectivity index (χ1n) is 20.1. The fourth-order valence-electron chi connectivity index (χ4n) is 7.80. The Morgan fingerprint density at radius 3 is 0.844 bits per heavy atom. The second-order valence-electron chi connectivity index (χ2n) is 14.2. The molecule has 272 valence electrons. The Bertz CT molecular complexity index is 596. The normalized spacial score (nSPS) is 12.8. The van der Waals surface area contributed by atoms with Crippen LogP contribution in [-0.2, 0) is 33.1 Å². The zero-order valence-electron chi connectivity index (χ0n) is 31.6. The van der Waals surface area contributed by atoms with E-state index in [-0.39, 0.29) is 0 Å². The summed E-state index contributed by atoms with van der Waals surface area (Å²) in [5.41, 5.74) is -2.49. The maximum absolute atomic E-state index is 5.85. The van der Waals surface area contributed by atoms with Crippen molar-refractivity contribution in [2.45, 2.75) is 183 Å². The van der Waals surface area contributed by atoms with Gasteiger partial charge in [0.25, 0.3) is 0 Å². The Morgan fingerprint density at radius 1 is 0.378 bits per heavy atom. The lowest BCUT2D eigenvalue weighted by molar-refractivity contribution is -0.928. The van der Waals surface area contributed by atoms with Gasteiger partial charge in [-0.2, -0.15) is 0 Å². The summed E-state index contributed by atoms with van der Waals surface area (Å²) < 4.78 is 14.4. The highest BCUT2D eigenvalue weighted by molar-refractivity contribution is 8.51. The first kappa shape index (κ1) is 45.8. The van der Waals surface area contributed by atoms with Gasteiger partial charge in [-0.05, 0) is 77.0 Å². The van der Waals surface area contributed by atoms with E-state index in [1.165, 1.54) is 190 Å². The van der Waals surface area contributed by atoms with Crippen molar-refractivity contribution >= 4 is 29.7 Å². The first-order valence-corrected chi connectivity index (χ1v) is 23.7. The van der Waals surface area contributed by atoms with Crippen molar-refractivity contribution in [1.29, 1.82) is 0 Å². The highest BCUT2D eigenvalue weighted by Crippen LogP contribution is 2.46. The van der Waals surface area contributed by atoms with Crippen molar-refractivity contribution in [1.82, 2.24) is 0 Å². The molecule has 0 heterocycles. The molecule has 0 rings (SSSR count). The van der Waals surface area contributed by atoms with Crippen LogP contribution in [0, 0.1) is 0 Å². The van der Waals surface area contributed by atoms with Gasteiger partial charge in [0.15, 0.2) is 0 Å². The molecule has 0 aromatic carbocycles. The van der Waals surface area contributed by atoms with E-state index < -0.39 is 5.69 Å². The molecule has 0 spiro atoms. The van der Waals surface area contributed by atoms with Crippen LogP contribution in [0.2, 0.25) is 0 Å². The second-order valence-corrected chi connectivity index (χ2v) is 19.2. The summed E-state index contributed by atoms with van der Waals surface area (Å²) in [6.07, 6.45) is 28.8. The fraction of sp³-hybridized carbons (Fsp3) is 1.00. The molecule has 45 heavy (non-hydrogen) atoms. The largest absolute Gasteiger partial charge is 0.691 e. The highest BCUT2D eigenvalue weighted by Gasteiger charge is 2.24. The Kier molecular flexibility index (Phi) is 31.4. The number of unbranched alkanes of at least 4 members (excludes halogenated alkanes) is 14. The molecule has 0 saturated carbocycles. The molecule has 0 amide bonds. The van der Waals surface area contributed by atoms with Crippen LogP contribution in [0.25, 0.3) is 0 Å². The molecule has 0 bridgehead atoms. The molecule has 0 aliphatic rings. The third kappa shape index (κ3) is 25.5. The standard InChI is InChI=1S/C38H82N2O2PS2/c1-7-29-39(30-8-2,31-9-3)35-25-21-17-13-15-19-23-27-37-41-43(44,45)42-38-28-24-20-16-14-18-22-26-36-40(32-10-4,33-11-5)34-12-6/h7-38H2,1-6H3/q+1. The summed E-state index contributed by atoms with van der Waals surface area (Å²) in [5, 5.41) is 0. The van der Waals surface area contributed by atoms with E-state index in [4.69, 9.17) is 33.1 Å². The highest BCUT2D eigenvalue weighted by atomic mass is 32.9. The molecule has 0 aromatic rings. The summed E-state index contributed by atoms with van der Waals surface area (Å²) in [6.45, 7) is 26.4. The third-order valence-electron chi connectivity index (χ3n) is 9.74. The SMILES string of the molecule is CCC[N+](CCC)(CCC)CCCCCCCCCCOP(=S)([S-])OCCCCCCCCCC[N+](CCC)(CCC)CCC. The third-order valence-corrected chi connectivity index (χ3v) is 12.0. The molecule has 0 aliphatic heterocycles. The van der Waals surface area contributed by atoms with Gasteiger partial charge in [0, 0.05) is 0 Å². The molecule has 0 atom stereocenters. The zero-order chi connectivity index (χ0) is 33.5. The molecular formula is C38H82N2O2PS2+. The maximum Gasteiger partial charge on any atom is 0.0786 e. The molecule has 0 N–H and O–H groups in total. The molecular weight excluding hydrogens is 612 g/mol. The molecule has 0 unspecified atom stereocenters. The van der Waals surface area contributed by atoms with Gasteiger partial charge in [-0.1, -0.05) is 118 Å². The van der Waals surface area contributed by atoms with Crippen molar-refractivity contribution in [3.8, 4) is 0 Å². The number of hydrogen-bond acceptors (Lipinski definition) is 4. The monoisotopic (exact) mass is 694 g/mol. The van der Waals surface area contributed by atoms with Crippen molar-refractivity contribution in [3.05, 3.63) is 0 Å². The first-order chi connectivity index (χ1) is 21.8. The summed E-state index contributed by atoms with van der Waals surface area (Å²) >= 11 is 11.0. The summed E-state index contributed by atoms with van der Waals surface area (Å²) in [7, 11) is 0. The number of quaternary nitrogens is 2. The molecule has 0 aliphatic carbocycles. The lowest BCUT2D eigenvalue weighted by Gasteiger charge is -2.38. The van der Waals surface area contributed by atoms with Crippen LogP contribution in [-0.4, -0.2) is 74.5 Å². The van der Waals surface area contributed by atoms with Crippen molar-refractivity contribution in [2.24, 2.45) is 0 Å². The number of nitrogens with zero attached hydrogens (tertiary/aromatic N) is 2. The fourth-order valence-corrected chi connectivity index (χ4v) is 9.47. The predicted octanol–water partition coefficient (Wildman–Crippen LogP) is 12.1. The van der Waals surface area contributed by atoms with Crippen LogP contribution in [0.1, 0.15) is 183 Å². The average Bonchev–Trinajstić information content (AvgIpc) is 2.99. The lowest BCUT2D eigenvalue weighted by Crippen LogP contribution is -2.50. The van der Waals surface area contributed by atoms with Crippen LogP contribution in [0.5, 0.6) is 0 Å². The van der Waals surface area contributed by atoms with E-state index in [1.807, 2.05) is 0 Å². The Balaban J connectivity index is 3.73. The molecule has 0 aromatic heterocycles. The second kappa shape index (κ2) is 30.9. The molecule has 0 saturated heterocycles. The smallest absolute Gasteiger partial charge is 0.0786 e. The summed E-state index contributed by atoms with van der Waals surface area (Å²) in [6, 6.07) is 0. The van der Waals surface area contributed by atoms with Crippen LogP contribution in [0.15, 0.2) is 0 Å². The molecule has 4 nitrogen and oxygen atoms in total. The summed E-state index contributed by atoms with van der Waals surface area (Å²) in [4.78, 5) is 0. The topological polar surface area (TPSA) is 18.5 Å². The van der Waals surface area contributed by atoms with Gasteiger partial charge < -0.3 is 30.3 Å². The summed E-state index contributed by atoms with van der Waals surface area (Å²) in [5.74, 6) is 0. The van der Waals surface area contributed by atoms with Gasteiger partial charge in [-0.25, -0.2) is 0 Å². The molecule has 7 heteroatoms. The van der Waals surface area contributed by atoms with Crippen LogP contribution >= 0.6 is 5.69 Å². The van der Waals surface area contributed by atoms with Gasteiger partial charge >= 0.3 is 0 Å². The van der Waals surface area contributed by atoms with Crippen molar-refractivity contribution in [2.75, 3.05) is 65.6 Å². The van der Waals surface area contributed by atoms with Gasteiger partial charge in [0.05, 0.1) is 71.3 Å². The maximum atomic E-state index is 5.85. The van der Waals surface area contributed by atoms with E-state index >= 15 is 0 Å². The lowest BCUT2D eigenvalue weighted by atomic mass is 10.1. The molecule has 0 radical (unpaired) electrons. The minimum atomic E-state index is -2.49. The Labute approximate surface area is 295 Å². The minimum absolute atomic E-state index is 0.669. The van der Waals surface area contributed by atoms with Gasteiger partial charge in [-0.15, -0.1) is 0 Å². The predicted molar refractivity (Wildman–Crippen MR) is 209 cm³/mol. The average molecular weight is 694 g/mol. The van der Waals surface area contributed by atoms with Gasteiger partial charge in [0.2, 0.25) is 0 Å². The van der Waals surface area contributed by atoms with Crippen molar-refractivity contribution in [3.63, 3.8) is 0 Å². The quantitative estimate of drug-likeness (QED) is 0.0281. The Morgan fingerprint density at radius 2 is 0.600 bits per heavy atom. The van der Waals surface area contributed by atoms with Crippen molar-refractivity contribution < 1.29 is 18.0 Å². The van der Waals surface area contributed by atoms with Gasteiger partial charge in [0.1, 0.15) is 0 Å². The van der Waals surface area contributed by atoms with E-state index in [0.29, 0.717) is 13.2 Å². The van der Waals surface area contributed by atoms with E-state index in [2.05, 4.69) is 41.5 Å². The van der Waals surface area contributed by atoms with E-state index in [0.717, 1.165) is 12.8 Å². The zero-order valence-corrected chi connectivity index (χ0v) is 34.1.